The molecule has 0 saturated carbocycles. The van der Waals surface area contributed by atoms with Crippen LogP contribution in [0.25, 0.3) is 11.5 Å². The van der Waals surface area contributed by atoms with Gasteiger partial charge in [-0.3, -0.25) is 0 Å². The molecule has 6 nitrogen and oxygen atoms in total. The Morgan fingerprint density at radius 3 is 2.67 bits per heavy atom. The van der Waals surface area contributed by atoms with Crippen LogP contribution in [0.4, 0.5) is 5.82 Å². The number of methoxy groups -OCH3 is 1. The largest absolute Gasteiger partial charge is 0.481 e. The second kappa shape index (κ2) is 6.97. The van der Waals surface area contributed by atoms with Crippen molar-refractivity contribution in [2.24, 2.45) is 0 Å². The van der Waals surface area contributed by atoms with Crippen molar-refractivity contribution in [3.05, 3.63) is 23.7 Å². The van der Waals surface area contributed by atoms with E-state index in [-0.39, 0.29) is 0 Å². The fourth-order valence-electron chi connectivity index (χ4n) is 2.10. The van der Waals surface area contributed by atoms with Gasteiger partial charge in [-0.2, -0.15) is 0 Å². The molecule has 0 aliphatic carbocycles. The molecule has 6 heteroatoms. The maximum Gasteiger partial charge on any atom is 0.216 e. The molecule has 0 amide bonds. The molecule has 2 rings (SSSR count). The van der Waals surface area contributed by atoms with Gasteiger partial charge in [-0.1, -0.05) is 13.8 Å². The molecule has 0 aliphatic rings. The maximum atomic E-state index is 5.12. The van der Waals surface area contributed by atoms with Crippen LogP contribution in [0.15, 0.2) is 12.4 Å². The van der Waals surface area contributed by atoms with Crippen molar-refractivity contribution in [3.63, 3.8) is 0 Å². The van der Waals surface area contributed by atoms with E-state index < -0.39 is 0 Å². The number of ether oxygens (including phenoxy) is 1. The molecule has 112 valence electrons. The van der Waals surface area contributed by atoms with Gasteiger partial charge >= 0.3 is 0 Å². The molecule has 2 aromatic heterocycles. The highest BCUT2D eigenvalue weighted by atomic mass is 16.5. The van der Waals surface area contributed by atoms with E-state index in [1.54, 1.807) is 13.2 Å². The van der Waals surface area contributed by atoms with Crippen molar-refractivity contribution < 1.29 is 4.74 Å². The highest BCUT2D eigenvalue weighted by Gasteiger charge is 2.13. The molecule has 2 aromatic rings. The van der Waals surface area contributed by atoms with Crippen LogP contribution in [-0.2, 0) is 6.42 Å². The van der Waals surface area contributed by atoms with Crippen LogP contribution in [0.5, 0.6) is 5.88 Å². The van der Waals surface area contributed by atoms with Crippen molar-refractivity contribution >= 4 is 5.82 Å². The molecule has 0 atom stereocenters. The fourth-order valence-corrected chi connectivity index (χ4v) is 2.10. The molecule has 0 radical (unpaired) electrons. The molecule has 0 spiro atoms. The summed E-state index contributed by atoms with van der Waals surface area (Å²) in [6.45, 7) is 7.12. The monoisotopic (exact) mass is 287 g/mol. The SMILES string of the molecule is CCCNc1nc(-c2cc(OC)ncn2)nc(C)c1CC. The molecule has 1 N–H and O–H groups in total. The van der Waals surface area contributed by atoms with E-state index in [2.05, 4.69) is 39.1 Å². The van der Waals surface area contributed by atoms with Gasteiger partial charge in [0.25, 0.3) is 0 Å². The first-order valence-electron chi connectivity index (χ1n) is 7.17. The Labute approximate surface area is 125 Å². The second-order valence-corrected chi connectivity index (χ2v) is 4.69. The molecule has 2 heterocycles. The summed E-state index contributed by atoms with van der Waals surface area (Å²) in [4.78, 5) is 17.4. The number of hydrogen-bond donors (Lipinski definition) is 1. The molecular weight excluding hydrogens is 266 g/mol. The van der Waals surface area contributed by atoms with Gasteiger partial charge in [0.2, 0.25) is 5.88 Å². The van der Waals surface area contributed by atoms with Crippen LogP contribution in [0, 0.1) is 6.92 Å². The summed E-state index contributed by atoms with van der Waals surface area (Å²) in [6.07, 6.45) is 3.40. The van der Waals surface area contributed by atoms with Gasteiger partial charge in [-0.15, -0.1) is 0 Å². The van der Waals surface area contributed by atoms with Crippen LogP contribution in [-0.4, -0.2) is 33.6 Å². The Kier molecular flexibility index (Phi) is 5.03. The van der Waals surface area contributed by atoms with E-state index in [1.807, 2.05) is 6.92 Å². The lowest BCUT2D eigenvalue weighted by atomic mass is 10.1. The topological polar surface area (TPSA) is 72.8 Å². The Morgan fingerprint density at radius 2 is 2.00 bits per heavy atom. The zero-order valence-corrected chi connectivity index (χ0v) is 13.0. The molecule has 0 bridgehead atoms. The lowest BCUT2D eigenvalue weighted by Gasteiger charge is -2.13. The molecule has 0 fully saturated rings. The van der Waals surface area contributed by atoms with E-state index in [4.69, 9.17) is 4.74 Å². The fraction of sp³-hybridized carbons (Fsp3) is 0.467. The summed E-state index contributed by atoms with van der Waals surface area (Å²) in [7, 11) is 1.58. The van der Waals surface area contributed by atoms with Crippen molar-refractivity contribution in [2.75, 3.05) is 19.0 Å². The van der Waals surface area contributed by atoms with E-state index in [1.165, 1.54) is 6.33 Å². The third-order valence-corrected chi connectivity index (χ3v) is 3.19. The number of anilines is 1. The van der Waals surface area contributed by atoms with Gasteiger partial charge in [0.1, 0.15) is 17.8 Å². The van der Waals surface area contributed by atoms with E-state index in [0.29, 0.717) is 17.4 Å². The third-order valence-electron chi connectivity index (χ3n) is 3.19. The van der Waals surface area contributed by atoms with E-state index in [0.717, 1.165) is 36.5 Å². The summed E-state index contributed by atoms with van der Waals surface area (Å²) in [5, 5.41) is 3.37. The molecule has 21 heavy (non-hydrogen) atoms. The van der Waals surface area contributed by atoms with Gasteiger partial charge in [-0.25, -0.2) is 19.9 Å². The summed E-state index contributed by atoms with van der Waals surface area (Å²) < 4.78 is 5.12. The predicted octanol–water partition coefficient (Wildman–Crippen LogP) is 2.63. The number of hydrogen-bond acceptors (Lipinski definition) is 6. The normalized spacial score (nSPS) is 10.5. The number of nitrogens with one attached hydrogen (secondary N) is 1. The first-order valence-corrected chi connectivity index (χ1v) is 7.17. The minimum absolute atomic E-state index is 0.504. The third kappa shape index (κ3) is 3.45. The summed E-state index contributed by atoms with van der Waals surface area (Å²) in [5.41, 5.74) is 2.78. The molecule has 0 saturated heterocycles. The van der Waals surface area contributed by atoms with Crippen LogP contribution in [0.1, 0.15) is 31.5 Å². The van der Waals surface area contributed by atoms with Crippen LogP contribution < -0.4 is 10.1 Å². The number of nitrogens with zero attached hydrogens (tertiary/aromatic N) is 4. The minimum Gasteiger partial charge on any atom is -0.481 e. The van der Waals surface area contributed by atoms with Gasteiger partial charge in [0.15, 0.2) is 5.82 Å². The second-order valence-electron chi connectivity index (χ2n) is 4.69. The van der Waals surface area contributed by atoms with Crippen molar-refractivity contribution in [3.8, 4) is 17.4 Å². The van der Waals surface area contributed by atoms with Crippen LogP contribution in [0.2, 0.25) is 0 Å². The smallest absolute Gasteiger partial charge is 0.216 e. The number of aryl methyl sites for hydroxylation is 1. The van der Waals surface area contributed by atoms with Crippen LogP contribution in [0.3, 0.4) is 0 Å². The van der Waals surface area contributed by atoms with E-state index in [9.17, 15) is 0 Å². The summed E-state index contributed by atoms with van der Waals surface area (Å²) in [6, 6.07) is 1.74. The quantitative estimate of drug-likeness (QED) is 0.880. The van der Waals surface area contributed by atoms with Gasteiger partial charge in [0.05, 0.1) is 7.11 Å². The van der Waals surface area contributed by atoms with Crippen LogP contribution >= 0.6 is 0 Å². The minimum atomic E-state index is 0.504. The first-order chi connectivity index (χ1) is 10.2. The number of aromatic nitrogens is 4. The Bertz CT molecular complexity index is 615. The van der Waals surface area contributed by atoms with Crippen molar-refractivity contribution in [2.45, 2.75) is 33.6 Å². The predicted molar refractivity (Wildman–Crippen MR) is 82.5 cm³/mol. The van der Waals surface area contributed by atoms with Gasteiger partial charge in [-0.05, 0) is 19.8 Å². The Balaban J connectivity index is 2.46. The lowest BCUT2D eigenvalue weighted by Crippen LogP contribution is -2.09. The molecule has 0 aromatic carbocycles. The standard InChI is InChI=1S/C15H21N5O/c1-5-7-16-14-11(6-2)10(3)19-15(20-14)12-8-13(21-4)18-9-17-12/h8-9H,5-7H2,1-4H3,(H,16,19,20). The van der Waals surface area contributed by atoms with E-state index >= 15 is 0 Å². The highest BCUT2D eigenvalue weighted by molar-refractivity contribution is 5.57. The maximum absolute atomic E-state index is 5.12. The average Bonchev–Trinajstić information content (AvgIpc) is 2.52. The summed E-state index contributed by atoms with van der Waals surface area (Å²) in [5.74, 6) is 1.98. The molecule has 0 unspecified atom stereocenters. The molecule has 0 aliphatic heterocycles. The van der Waals surface area contributed by atoms with Crippen molar-refractivity contribution in [1.82, 2.24) is 19.9 Å². The zero-order valence-electron chi connectivity index (χ0n) is 13.0. The van der Waals surface area contributed by atoms with Crippen molar-refractivity contribution in [1.29, 1.82) is 0 Å². The van der Waals surface area contributed by atoms with Gasteiger partial charge in [0, 0.05) is 23.9 Å². The summed E-state index contributed by atoms with van der Waals surface area (Å²) >= 11 is 0. The van der Waals surface area contributed by atoms with Gasteiger partial charge < -0.3 is 10.1 Å². The first kappa shape index (κ1) is 15.2. The molecular formula is C15H21N5O. The average molecular weight is 287 g/mol. The zero-order chi connectivity index (χ0) is 15.2. The number of rotatable bonds is 6. The highest BCUT2D eigenvalue weighted by Crippen LogP contribution is 2.23. The lowest BCUT2D eigenvalue weighted by molar-refractivity contribution is 0.397. The Morgan fingerprint density at radius 1 is 1.19 bits per heavy atom. The Hall–Kier alpha value is -2.24.